The van der Waals surface area contributed by atoms with Crippen molar-refractivity contribution in [2.75, 3.05) is 20.2 Å². The molecule has 7 atom stereocenters. The van der Waals surface area contributed by atoms with Crippen LogP contribution in [0.15, 0.2) is 96.1 Å². The number of nitrogens with two attached hydrogens (primary N) is 4. The number of H-pyrrole nitrogens is 1. The van der Waals surface area contributed by atoms with Crippen molar-refractivity contribution in [1.82, 2.24) is 53.1 Å². The molecule has 0 fully saturated rings. The number of benzene rings is 3. The summed E-state index contributed by atoms with van der Waals surface area (Å²) in [6, 6.07) is 13.9. The number of aromatic nitrogens is 1. The molecule has 75 heavy (non-hydrogen) atoms. The minimum absolute atomic E-state index is 0.0523. The van der Waals surface area contributed by atoms with Gasteiger partial charge in [-0.05, 0) is 54.4 Å². The molecule has 1 heterocycles. The zero-order valence-electron chi connectivity index (χ0n) is 42.0. The molecule has 25 heteroatoms. The summed E-state index contributed by atoms with van der Waals surface area (Å²) < 4.78 is 0. The number of fused-ring (bicyclic) bond motifs is 1. The Bertz CT molecular complexity index is 2610. The highest BCUT2D eigenvalue weighted by Crippen LogP contribution is 2.19. The van der Waals surface area contributed by atoms with E-state index in [1.54, 1.807) is 80.7 Å². The summed E-state index contributed by atoms with van der Waals surface area (Å²) in [7, 11) is 1.49. The highest BCUT2D eigenvalue weighted by Gasteiger charge is 2.33. The summed E-state index contributed by atoms with van der Waals surface area (Å²) in [6.45, 7) is 2.83. The number of hydrogen-bond donors (Lipinski definition) is 15. The van der Waals surface area contributed by atoms with Crippen LogP contribution < -0.4 is 71.0 Å². The third-order valence-electron chi connectivity index (χ3n) is 11.6. The Labute approximate surface area is 433 Å². The molecule has 404 valence electrons. The number of carbonyl (C=O) groups is 9. The number of nitrogens with zero attached hydrogens (tertiary/aromatic N) is 1. The lowest BCUT2D eigenvalue weighted by atomic mass is 10.0. The van der Waals surface area contributed by atoms with E-state index in [-0.39, 0.29) is 50.5 Å². The van der Waals surface area contributed by atoms with Crippen molar-refractivity contribution < 1.29 is 48.3 Å². The molecule has 1 aromatic heterocycles. The summed E-state index contributed by atoms with van der Waals surface area (Å²) in [5.41, 5.74) is 30.2. The number of nitrogens with one attached hydrogen (secondary N) is 10. The second kappa shape index (κ2) is 29.8. The van der Waals surface area contributed by atoms with Crippen molar-refractivity contribution in [3.63, 3.8) is 0 Å². The molecule has 10 amide bonds. The molecule has 4 rings (SSSR count). The van der Waals surface area contributed by atoms with E-state index in [1.165, 1.54) is 7.05 Å². The zero-order valence-corrected chi connectivity index (χ0v) is 42.0. The predicted octanol–water partition coefficient (Wildman–Crippen LogP) is -2.64. The van der Waals surface area contributed by atoms with Crippen LogP contribution in [0.4, 0.5) is 4.79 Å². The molecular formula is C50H69N15O10. The average Bonchev–Trinajstić information content (AvgIpc) is 3.79. The van der Waals surface area contributed by atoms with Gasteiger partial charge in [0.2, 0.25) is 41.4 Å². The number of urea groups is 1. The number of guanidine groups is 1. The van der Waals surface area contributed by atoms with Crippen molar-refractivity contribution >= 4 is 70.2 Å². The van der Waals surface area contributed by atoms with Gasteiger partial charge in [-0.15, -0.1) is 0 Å². The third-order valence-corrected chi connectivity index (χ3v) is 11.6. The second-order valence-corrected chi connectivity index (χ2v) is 18.1. The van der Waals surface area contributed by atoms with E-state index in [1.807, 2.05) is 24.3 Å². The topological polar surface area (TPSA) is 414 Å². The van der Waals surface area contributed by atoms with Gasteiger partial charge in [0.25, 0.3) is 5.91 Å². The second-order valence-electron chi connectivity index (χ2n) is 18.1. The number of hydrazine groups is 1. The first kappa shape index (κ1) is 59.0. The smallest absolute Gasteiger partial charge is 0.334 e. The molecule has 4 aromatic rings. The van der Waals surface area contributed by atoms with Gasteiger partial charge in [-0.3, -0.25) is 48.8 Å². The number of primary amides is 2. The molecule has 0 spiro atoms. The molecule has 0 unspecified atom stereocenters. The Balaban J connectivity index is 1.43. The van der Waals surface area contributed by atoms with Crippen molar-refractivity contribution in [2.45, 2.75) is 101 Å². The quantitative estimate of drug-likeness (QED) is 0.0120. The maximum Gasteiger partial charge on any atom is 0.334 e. The maximum atomic E-state index is 13.9. The van der Waals surface area contributed by atoms with Gasteiger partial charge in [-0.25, -0.2) is 10.2 Å². The SMILES string of the molecule is CN=C(N)NCCC[C@H](NC(=O)[C@H](CC(C)C)NC(=O)NNC(=O)[C@H](Cc1ccccc1)NC(=O)[C@H](CO)NC(=O)[C@H](CC(N)=O)NC(=O)[C@@H](N)Cc1c[nH]c2ccccc12)C(=O)N[C@@H](Cc1ccccc1)C(N)=O. The number of rotatable bonds is 28. The summed E-state index contributed by atoms with van der Waals surface area (Å²) >= 11 is 0. The van der Waals surface area contributed by atoms with Gasteiger partial charge < -0.3 is 70.2 Å². The van der Waals surface area contributed by atoms with E-state index in [0.29, 0.717) is 12.0 Å². The Morgan fingerprint density at radius 3 is 1.73 bits per heavy atom. The van der Waals surface area contributed by atoms with Crippen molar-refractivity contribution in [3.05, 3.63) is 108 Å². The lowest BCUT2D eigenvalue weighted by molar-refractivity contribution is -0.135. The summed E-state index contributed by atoms with van der Waals surface area (Å²) in [5.74, 6) is -7.24. The number of hydrogen-bond acceptors (Lipinski definition) is 12. The normalized spacial score (nSPS) is 14.1. The number of amides is 10. The number of para-hydroxylation sites is 1. The van der Waals surface area contributed by atoms with Gasteiger partial charge in [0.1, 0.15) is 36.3 Å². The van der Waals surface area contributed by atoms with E-state index in [4.69, 9.17) is 22.9 Å². The molecule has 19 N–H and O–H groups in total. The van der Waals surface area contributed by atoms with Crippen LogP contribution in [0.2, 0.25) is 0 Å². The molecule has 0 aliphatic heterocycles. The largest absolute Gasteiger partial charge is 0.394 e. The van der Waals surface area contributed by atoms with Crippen molar-refractivity contribution in [1.29, 1.82) is 0 Å². The highest BCUT2D eigenvalue weighted by atomic mass is 16.3. The Kier molecular flexibility index (Phi) is 23.5. The first-order valence-electron chi connectivity index (χ1n) is 24.2. The van der Waals surface area contributed by atoms with Crippen LogP contribution in [-0.4, -0.2) is 132 Å². The molecule has 25 nitrogen and oxygen atoms in total. The number of aromatic amines is 1. The molecular weight excluding hydrogens is 971 g/mol. The van der Waals surface area contributed by atoms with Crippen LogP contribution >= 0.6 is 0 Å². The fourth-order valence-electron chi connectivity index (χ4n) is 7.71. The number of aliphatic hydroxyl groups excluding tert-OH is 1. The maximum absolute atomic E-state index is 13.9. The van der Waals surface area contributed by atoms with E-state index in [9.17, 15) is 48.3 Å². The van der Waals surface area contributed by atoms with Gasteiger partial charge in [-0.1, -0.05) is 92.7 Å². The molecule has 3 aromatic carbocycles. The van der Waals surface area contributed by atoms with Crippen LogP contribution in [0.25, 0.3) is 10.9 Å². The molecule has 0 radical (unpaired) electrons. The van der Waals surface area contributed by atoms with Crippen molar-refractivity contribution in [3.8, 4) is 0 Å². The Morgan fingerprint density at radius 1 is 0.600 bits per heavy atom. The molecule has 0 aliphatic carbocycles. The summed E-state index contributed by atoms with van der Waals surface area (Å²) in [6.07, 6.45) is 1.38. The van der Waals surface area contributed by atoms with E-state index >= 15 is 0 Å². The minimum Gasteiger partial charge on any atom is -0.394 e. The van der Waals surface area contributed by atoms with Crippen LogP contribution in [0.5, 0.6) is 0 Å². The molecule has 0 aliphatic rings. The monoisotopic (exact) mass is 1040 g/mol. The fraction of sp³-hybridized carbons (Fsp3) is 0.400. The fourth-order valence-corrected chi connectivity index (χ4v) is 7.71. The minimum atomic E-state index is -1.74. The standard InChI is InChI=1S/C50H69N15O10/c1-28(2)21-37(45(71)58-35(19-12-20-56-49(54)55-3)44(70)59-36(42(53)68)22-29-13-6-4-7-14-29)63-50(75)65-64-48(74)38(23-30-15-8-5-9-16-30)61-47(73)40(27-66)62-46(72)39(25-41(52)67)60-43(69)33(51)24-31-26-57-34-18-11-10-17-32(31)34/h4-11,13-18,26,28,33,35-40,57,66H,12,19-25,27,51H2,1-3H3,(H2,52,67)(H2,53,68)(H,58,71)(H,59,70)(H,60,69)(H,61,73)(H,62,72)(H,64,74)(H3,54,55,56)(H2,63,65,75)/t33-,35-,36-,37-,38-,39-,40-/m0/s1. The summed E-state index contributed by atoms with van der Waals surface area (Å²) in [4.78, 5) is 127. The number of carbonyl (C=O) groups excluding carboxylic acids is 9. The first-order chi connectivity index (χ1) is 35.8. The van der Waals surface area contributed by atoms with Gasteiger partial charge in [0.05, 0.1) is 19.1 Å². The van der Waals surface area contributed by atoms with Gasteiger partial charge >= 0.3 is 6.03 Å². The Morgan fingerprint density at radius 2 is 1.13 bits per heavy atom. The van der Waals surface area contributed by atoms with E-state index < -0.39 is 109 Å². The van der Waals surface area contributed by atoms with Crippen LogP contribution in [0, 0.1) is 5.92 Å². The lowest BCUT2D eigenvalue weighted by Gasteiger charge is -2.26. The molecule has 0 saturated carbocycles. The van der Waals surface area contributed by atoms with Crippen LogP contribution in [-0.2, 0) is 57.6 Å². The average molecular weight is 1040 g/mol. The van der Waals surface area contributed by atoms with Gasteiger partial charge in [0, 0.05) is 43.5 Å². The predicted molar refractivity (Wildman–Crippen MR) is 278 cm³/mol. The molecule has 0 bridgehead atoms. The van der Waals surface area contributed by atoms with Crippen LogP contribution in [0.1, 0.15) is 56.2 Å². The van der Waals surface area contributed by atoms with Crippen LogP contribution in [0.3, 0.4) is 0 Å². The first-order valence-corrected chi connectivity index (χ1v) is 24.2. The van der Waals surface area contributed by atoms with Gasteiger partial charge in [-0.2, -0.15) is 0 Å². The third kappa shape index (κ3) is 19.8. The lowest BCUT2D eigenvalue weighted by Crippen LogP contribution is -2.61. The summed E-state index contributed by atoms with van der Waals surface area (Å²) in [5, 5.41) is 28.9. The number of aliphatic imine (C=N–C) groups is 1. The zero-order chi connectivity index (χ0) is 55.0. The molecule has 0 saturated heterocycles. The number of aliphatic hydroxyl groups is 1. The van der Waals surface area contributed by atoms with Crippen molar-refractivity contribution in [2.24, 2.45) is 33.8 Å². The van der Waals surface area contributed by atoms with E-state index in [0.717, 1.165) is 22.0 Å². The highest BCUT2D eigenvalue weighted by molar-refractivity contribution is 5.98. The van der Waals surface area contributed by atoms with Gasteiger partial charge in [0.15, 0.2) is 5.96 Å². The van der Waals surface area contributed by atoms with E-state index in [2.05, 4.69) is 58.0 Å². The Hall–Kier alpha value is -8.58.